The van der Waals surface area contributed by atoms with Gasteiger partial charge in [0.2, 0.25) is 5.91 Å². The van der Waals surface area contributed by atoms with Crippen LogP contribution in [0.3, 0.4) is 0 Å². The van der Waals surface area contributed by atoms with Crippen molar-refractivity contribution < 1.29 is 14.3 Å². The molecule has 0 radical (unpaired) electrons. The molecule has 6 heteroatoms. The Hall–Kier alpha value is -1.30. The van der Waals surface area contributed by atoms with E-state index in [2.05, 4.69) is 16.2 Å². The SMILES string of the molecule is CNC(=O)NNC(=O)C1COC1. The molecule has 1 saturated heterocycles. The predicted octanol–water partition coefficient (Wildman–Crippen LogP) is -1.41. The van der Waals surface area contributed by atoms with Crippen molar-refractivity contribution in [2.45, 2.75) is 0 Å². The minimum absolute atomic E-state index is 0.123. The van der Waals surface area contributed by atoms with E-state index < -0.39 is 6.03 Å². The highest BCUT2D eigenvalue weighted by molar-refractivity contribution is 5.83. The van der Waals surface area contributed by atoms with Gasteiger partial charge in [0.05, 0.1) is 19.1 Å². The number of hydrogen-bond donors (Lipinski definition) is 3. The molecule has 0 bridgehead atoms. The van der Waals surface area contributed by atoms with Crippen molar-refractivity contribution in [3.8, 4) is 0 Å². The molecule has 0 aromatic carbocycles. The molecular formula is C6H11N3O3. The molecule has 1 fully saturated rings. The molecule has 68 valence electrons. The summed E-state index contributed by atoms with van der Waals surface area (Å²) >= 11 is 0. The smallest absolute Gasteiger partial charge is 0.333 e. The van der Waals surface area contributed by atoms with E-state index in [1.165, 1.54) is 7.05 Å². The molecule has 3 N–H and O–H groups in total. The molecule has 0 spiro atoms. The summed E-state index contributed by atoms with van der Waals surface area (Å²) in [5.74, 6) is -0.341. The third-order valence-corrected chi connectivity index (χ3v) is 1.54. The summed E-state index contributed by atoms with van der Waals surface area (Å²) in [4.78, 5) is 21.6. The average Bonchev–Trinajstić information content (AvgIpc) is 1.97. The molecule has 0 atom stereocenters. The van der Waals surface area contributed by atoms with E-state index in [-0.39, 0.29) is 11.8 Å². The number of urea groups is 1. The number of carbonyl (C=O) groups excluding carboxylic acids is 2. The van der Waals surface area contributed by atoms with Crippen LogP contribution >= 0.6 is 0 Å². The number of rotatable bonds is 1. The molecule has 1 aliphatic rings. The second-order valence-electron chi connectivity index (χ2n) is 2.43. The van der Waals surface area contributed by atoms with Crippen molar-refractivity contribution in [2.24, 2.45) is 5.92 Å². The van der Waals surface area contributed by atoms with Gasteiger partial charge in [0, 0.05) is 7.05 Å². The number of amides is 3. The van der Waals surface area contributed by atoms with E-state index in [0.29, 0.717) is 13.2 Å². The average molecular weight is 173 g/mol. The Morgan fingerprint density at radius 1 is 1.33 bits per heavy atom. The normalized spacial score (nSPS) is 16.1. The molecule has 1 rings (SSSR count). The molecule has 0 saturated carbocycles. The summed E-state index contributed by atoms with van der Waals surface area (Å²) in [6, 6.07) is -0.441. The first-order valence-corrected chi connectivity index (χ1v) is 3.59. The van der Waals surface area contributed by atoms with E-state index in [4.69, 9.17) is 4.74 Å². The maximum atomic E-state index is 11.0. The van der Waals surface area contributed by atoms with Crippen molar-refractivity contribution in [2.75, 3.05) is 20.3 Å². The fourth-order valence-corrected chi connectivity index (χ4v) is 0.670. The molecule has 0 aromatic rings. The Bertz CT molecular complexity index is 190. The Morgan fingerprint density at radius 2 is 2.00 bits per heavy atom. The van der Waals surface area contributed by atoms with Crippen LogP contribution in [0, 0.1) is 5.92 Å². The first kappa shape index (κ1) is 8.79. The lowest BCUT2D eigenvalue weighted by Gasteiger charge is -2.24. The third kappa shape index (κ3) is 2.09. The number of hydrazine groups is 1. The number of ether oxygens (including phenoxy) is 1. The van der Waals surface area contributed by atoms with Gasteiger partial charge in [-0.25, -0.2) is 10.2 Å². The summed E-state index contributed by atoms with van der Waals surface area (Å²) in [6.07, 6.45) is 0. The van der Waals surface area contributed by atoms with Crippen molar-refractivity contribution in [3.05, 3.63) is 0 Å². The van der Waals surface area contributed by atoms with Crippen LogP contribution in [0.15, 0.2) is 0 Å². The van der Waals surface area contributed by atoms with Gasteiger partial charge in [-0.15, -0.1) is 0 Å². The van der Waals surface area contributed by atoms with Gasteiger partial charge < -0.3 is 10.1 Å². The fourth-order valence-electron chi connectivity index (χ4n) is 0.670. The first-order chi connectivity index (χ1) is 5.74. The Labute approximate surface area is 69.6 Å². The van der Waals surface area contributed by atoms with Crippen molar-refractivity contribution >= 4 is 11.9 Å². The second-order valence-corrected chi connectivity index (χ2v) is 2.43. The standard InChI is InChI=1S/C6H11N3O3/c1-7-6(11)9-8-5(10)4-2-12-3-4/h4H,2-3H2,1H3,(H,8,10)(H2,7,9,11). The van der Waals surface area contributed by atoms with Gasteiger partial charge in [-0.2, -0.15) is 0 Å². The number of carbonyl (C=O) groups is 2. The molecule has 1 heterocycles. The molecular weight excluding hydrogens is 162 g/mol. The van der Waals surface area contributed by atoms with Gasteiger partial charge in [-0.05, 0) is 0 Å². The van der Waals surface area contributed by atoms with Crippen LogP contribution in [0.1, 0.15) is 0 Å². The van der Waals surface area contributed by atoms with Crippen LogP contribution in [0.4, 0.5) is 4.79 Å². The highest BCUT2D eigenvalue weighted by atomic mass is 16.5. The summed E-state index contributed by atoms with van der Waals surface area (Å²) in [5, 5.41) is 2.30. The largest absolute Gasteiger partial charge is 0.380 e. The molecule has 12 heavy (non-hydrogen) atoms. The summed E-state index contributed by atoms with van der Waals surface area (Å²) < 4.78 is 4.80. The first-order valence-electron chi connectivity index (χ1n) is 3.59. The zero-order chi connectivity index (χ0) is 8.97. The van der Waals surface area contributed by atoms with Gasteiger partial charge in [-0.1, -0.05) is 0 Å². The maximum Gasteiger partial charge on any atom is 0.333 e. The Morgan fingerprint density at radius 3 is 2.42 bits per heavy atom. The predicted molar refractivity (Wildman–Crippen MR) is 40.0 cm³/mol. The zero-order valence-corrected chi connectivity index (χ0v) is 6.72. The highest BCUT2D eigenvalue weighted by Gasteiger charge is 2.26. The summed E-state index contributed by atoms with van der Waals surface area (Å²) in [5.41, 5.74) is 4.43. The van der Waals surface area contributed by atoms with Crippen LogP contribution in [0.5, 0.6) is 0 Å². The van der Waals surface area contributed by atoms with Crippen molar-refractivity contribution in [3.63, 3.8) is 0 Å². The lowest BCUT2D eigenvalue weighted by Crippen LogP contribution is -2.51. The summed E-state index contributed by atoms with van der Waals surface area (Å²) in [6.45, 7) is 0.864. The van der Waals surface area contributed by atoms with Gasteiger partial charge >= 0.3 is 6.03 Å². The molecule has 1 aliphatic heterocycles. The van der Waals surface area contributed by atoms with Gasteiger partial charge in [0.1, 0.15) is 0 Å². The highest BCUT2D eigenvalue weighted by Crippen LogP contribution is 2.08. The minimum Gasteiger partial charge on any atom is -0.380 e. The van der Waals surface area contributed by atoms with Crippen LogP contribution in [0.25, 0.3) is 0 Å². The fraction of sp³-hybridized carbons (Fsp3) is 0.667. The van der Waals surface area contributed by atoms with Gasteiger partial charge in [-0.3, -0.25) is 10.2 Å². The van der Waals surface area contributed by atoms with Gasteiger partial charge in [0.15, 0.2) is 0 Å². The van der Waals surface area contributed by atoms with E-state index in [0.717, 1.165) is 0 Å². The second kappa shape index (κ2) is 3.91. The molecule has 6 nitrogen and oxygen atoms in total. The topological polar surface area (TPSA) is 79.5 Å². The monoisotopic (exact) mass is 173 g/mol. The van der Waals surface area contributed by atoms with E-state index in [1.54, 1.807) is 0 Å². The molecule has 3 amide bonds. The zero-order valence-electron chi connectivity index (χ0n) is 6.72. The van der Waals surface area contributed by atoms with Crippen LogP contribution in [-0.2, 0) is 9.53 Å². The Balaban J connectivity index is 2.13. The quantitative estimate of drug-likeness (QED) is 0.426. The van der Waals surface area contributed by atoms with Crippen LogP contribution in [-0.4, -0.2) is 32.2 Å². The molecule has 0 aromatic heterocycles. The molecule has 0 aliphatic carbocycles. The lowest BCUT2D eigenvalue weighted by atomic mass is 10.1. The minimum atomic E-state index is -0.441. The number of hydrogen-bond acceptors (Lipinski definition) is 3. The van der Waals surface area contributed by atoms with Gasteiger partial charge in [0.25, 0.3) is 0 Å². The summed E-state index contributed by atoms with van der Waals surface area (Å²) in [7, 11) is 1.47. The third-order valence-electron chi connectivity index (χ3n) is 1.54. The molecule has 0 unspecified atom stereocenters. The maximum absolute atomic E-state index is 11.0. The number of nitrogens with one attached hydrogen (secondary N) is 3. The van der Waals surface area contributed by atoms with Crippen LogP contribution in [0.2, 0.25) is 0 Å². The Kier molecular flexibility index (Phi) is 2.87. The van der Waals surface area contributed by atoms with E-state index in [1.807, 2.05) is 0 Å². The van der Waals surface area contributed by atoms with Crippen molar-refractivity contribution in [1.82, 2.24) is 16.2 Å². The van der Waals surface area contributed by atoms with Crippen molar-refractivity contribution in [1.29, 1.82) is 0 Å². The van der Waals surface area contributed by atoms with E-state index >= 15 is 0 Å². The van der Waals surface area contributed by atoms with E-state index in [9.17, 15) is 9.59 Å². The van der Waals surface area contributed by atoms with Crippen LogP contribution < -0.4 is 16.2 Å². The lowest BCUT2D eigenvalue weighted by molar-refractivity contribution is -0.139.